The summed E-state index contributed by atoms with van der Waals surface area (Å²) in [6, 6.07) is 5.44. The van der Waals surface area contributed by atoms with Gasteiger partial charge in [0, 0.05) is 11.8 Å². The quantitative estimate of drug-likeness (QED) is 0.623. The van der Waals surface area contributed by atoms with Crippen molar-refractivity contribution < 1.29 is 14.3 Å². The summed E-state index contributed by atoms with van der Waals surface area (Å²) >= 11 is 0.886. The van der Waals surface area contributed by atoms with E-state index in [-0.39, 0.29) is 11.1 Å². The number of benzene rings is 1. The average Bonchev–Trinajstić information content (AvgIpc) is 2.88. The maximum absolute atomic E-state index is 11.6. The molecule has 3 N–H and O–H groups in total. The zero-order chi connectivity index (χ0) is 16.9. The van der Waals surface area contributed by atoms with Crippen LogP contribution in [0.1, 0.15) is 44.1 Å². The molecule has 1 heterocycles. The number of amides is 2. The molecule has 1 saturated heterocycles. The van der Waals surface area contributed by atoms with Gasteiger partial charge in [-0.3, -0.25) is 14.9 Å². The van der Waals surface area contributed by atoms with E-state index in [9.17, 15) is 9.59 Å². The molecule has 1 aromatic carbocycles. The molecule has 3 rings (SSSR count). The molecule has 5 nitrogen and oxygen atoms in total. The maximum atomic E-state index is 11.6. The Kier molecular flexibility index (Phi) is 5.45. The number of anilines is 1. The van der Waals surface area contributed by atoms with Crippen molar-refractivity contribution in [3.8, 4) is 5.75 Å². The lowest BCUT2D eigenvalue weighted by atomic mass is 9.87. The highest BCUT2D eigenvalue weighted by molar-refractivity contribution is 8.18. The van der Waals surface area contributed by atoms with E-state index in [2.05, 4.69) is 5.32 Å². The Bertz CT molecular complexity index is 666. The third kappa shape index (κ3) is 4.32. The number of ether oxygens (including phenoxy) is 1. The molecule has 128 valence electrons. The van der Waals surface area contributed by atoms with Crippen LogP contribution in [-0.2, 0) is 4.79 Å². The van der Waals surface area contributed by atoms with Gasteiger partial charge in [0.05, 0.1) is 11.5 Å². The Morgan fingerprint density at radius 2 is 2.04 bits per heavy atom. The highest BCUT2D eigenvalue weighted by Gasteiger charge is 2.25. The van der Waals surface area contributed by atoms with Crippen molar-refractivity contribution in [3.63, 3.8) is 0 Å². The van der Waals surface area contributed by atoms with Crippen LogP contribution >= 0.6 is 11.8 Å². The van der Waals surface area contributed by atoms with Crippen LogP contribution in [0.2, 0.25) is 0 Å². The van der Waals surface area contributed by atoms with Crippen LogP contribution < -0.4 is 15.8 Å². The molecule has 2 aliphatic rings. The molecule has 0 spiro atoms. The molecule has 1 aromatic rings. The number of nitrogens with two attached hydrogens (primary N) is 1. The second kappa shape index (κ2) is 7.75. The molecule has 0 aromatic heterocycles. The van der Waals surface area contributed by atoms with Crippen molar-refractivity contribution in [2.45, 2.75) is 38.5 Å². The summed E-state index contributed by atoms with van der Waals surface area (Å²) in [6.45, 7) is 0.706. The van der Waals surface area contributed by atoms with Crippen molar-refractivity contribution in [2.75, 3.05) is 12.3 Å². The van der Waals surface area contributed by atoms with E-state index in [1.807, 2.05) is 12.1 Å². The van der Waals surface area contributed by atoms with E-state index in [4.69, 9.17) is 10.5 Å². The summed E-state index contributed by atoms with van der Waals surface area (Å²) in [5.74, 6) is 1.15. The summed E-state index contributed by atoms with van der Waals surface area (Å²) in [6.07, 6.45) is 9.40. The predicted octanol–water partition coefficient (Wildman–Crippen LogP) is 3.94. The zero-order valence-corrected chi connectivity index (χ0v) is 14.4. The number of nitrogen functional groups attached to an aromatic ring is 1. The molecule has 6 heteroatoms. The van der Waals surface area contributed by atoms with Crippen molar-refractivity contribution in [3.05, 3.63) is 28.7 Å². The number of hydrogen-bond acceptors (Lipinski definition) is 5. The molecular weight excluding hydrogens is 324 g/mol. The van der Waals surface area contributed by atoms with Gasteiger partial charge in [-0.05, 0) is 47.9 Å². The highest BCUT2D eigenvalue weighted by Crippen LogP contribution is 2.30. The van der Waals surface area contributed by atoms with Crippen LogP contribution in [0, 0.1) is 5.92 Å². The molecule has 1 aliphatic carbocycles. The van der Waals surface area contributed by atoms with Gasteiger partial charge in [0.1, 0.15) is 5.75 Å². The molecule has 0 radical (unpaired) electrons. The number of thioether (sulfide) groups is 1. The molecule has 1 aliphatic heterocycles. The topological polar surface area (TPSA) is 81.4 Å². The minimum atomic E-state index is -0.378. The Morgan fingerprint density at radius 1 is 1.25 bits per heavy atom. The first-order chi connectivity index (χ1) is 11.6. The van der Waals surface area contributed by atoms with Crippen LogP contribution in [0.4, 0.5) is 10.5 Å². The lowest BCUT2D eigenvalue weighted by Gasteiger charge is -2.21. The van der Waals surface area contributed by atoms with Crippen LogP contribution in [0.5, 0.6) is 5.75 Å². The predicted molar refractivity (Wildman–Crippen MR) is 96.6 cm³/mol. The number of hydrogen-bond donors (Lipinski definition) is 2. The molecule has 0 unspecified atom stereocenters. The van der Waals surface area contributed by atoms with E-state index >= 15 is 0 Å². The van der Waals surface area contributed by atoms with Gasteiger partial charge in [-0.15, -0.1) is 0 Å². The Hall–Kier alpha value is -1.95. The van der Waals surface area contributed by atoms with Crippen LogP contribution in [0.25, 0.3) is 6.08 Å². The molecular formula is C18H22N2O3S. The van der Waals surface area contributed by atoms with Crippen molar-refractivity contribution >= 4 is 34.7 Å². The number of nitrogens with one attached hydrogen (secondary N) is 1. The minimum absolute atomic E-state index is 0.354. The smallest absolute Gasteiger partial charge is 0.290 e. The van der Waals surface area contributed by atoms with Crippen molar-refractivity contribution in [2.24, 2.45) is 5.92 Å². The van der Waals surface area contributed by atoms with Gasteiger partial charge in [-0.25, -0.2) is 0 Å². The SMILES string of the molecule is Nc1cc(OCCC2CCCCC2)ccc1/C=C1\SC(=O)NC1=O. The third-order valence-corrected chi connectivity index (χ3v) is 5.32. The second-order valence-corrected chi connectivity index (χ2v) is 7.30. The zero-order valence-electron chi connectivity index (χ0n) is 13.5. The lowest BCUT2D eigenvalue weighted by molar-refractivity contribution is -0.115. The number of rotatable bonds is 5. The fourth-order valence-electron chi connectivity index (χ4n) is 3.16. The first kappa shape index (κ1) is 16.9. The van der Waals surface area contributed by atoms with Gasteiger partial charge in [0.2, 0.25) is 0 Å². The van der Waals surface area contributed by atoms with Gasteiger partial charge < -0.3 is 10.5 Å². The summed E-state index contributed by atoms with van der Waals surface area (Å²) in [7, 11) is 0. The fraction of sp³-hybridized carbons (Fsp3) is 0.444. The lowest BCUT2D eigenvalue weighted by Crippen LogP contribution is -2.17. The number of imide groups is 1. The van der Waals surface area contributed by atoms with E-state index in [1.54, 1.807) is 12.1 Å². The van der Waals surface area contributed by atoms with Gasteiger partial charge in [0.15, 0.2) is 0 Å². The van der Waals surface area contributed by atoms with Crippen molar-refractivity contribution in [1.82, 2.24) is 5.32 Å². The first-order valence-corrected chi connectivity index (χ1v) is 9.20. The molecule has 0 bridgehead atoms. The number of carbonyl (C=O) groups excluding carboxylic acids is 2. The molecule has 0 atom stereocenters. The van der Waals surface area contributed by atoms with E-state index < -0.39 is 0 Å². The normalized spacial score (nSPS) is 20.4. The highest BCUT2D eigenvalue weighted by atomic mass is 32.2. The number of carbonyl (C=O) groups is 2. The Morgan fingerprint density at radius 3 is 2.71 bits per heavy atom. The van der Waals surface area contributed by atoms with Gasteiger partial charge in [-0.2, -0.15) is 0 Å². The summed E-state index contributed by atoms with van der Waals surface area (Å²) in [5.41, 5.74) is 7.29. The Labute approximate surface area is 146 Å². The fourth-order valence-corrected chi connectivity index (χ4v) is 3.83. The maximum Gasteiger partial charge on any atom is 0.290 e. The monoisotopic (exact) mass is 346 g/mol. The van der Waals surface area contributed by atoms with Crippen molar-refractivity contribution in [1.29, 1.82) is 0 Å². The minimum Gasteiger partial charge on any atom is -0.494 e. The summed E-state index contributed by atoms with van der Waals surface area (Å²) in [4.78, 5) is 23.1. The first-order valence-electron chi connectivity index (χ1n) is 8.39. The van der Waals surface area contributed by atoms with Crippen LogP contribution in [0.15, 0.2) is 23.1 Å². The van der Waals surface area contributed by atoms with Gasteiger partial charge in [0.25, 0.3) is 11.1 Å². The second-order valence-electron chi connectivity index (χ2n) is 6.28. The molecule has 24 heavy (non-hydrogen) atoms. The third-order valence-electron chi connectivity index (χ3n) is 4.51. The summed E-state index contributed by atoms with van der Waals surface area (Å²) in [5, 5.41) is 1.87. The largest absolute Gasteiger partial charge is 0.494 e. The van der Waals surface area contributed by atoms with E-state index in [1.165, 1.54) is 32.1 Å². The molecule has 2 amide bonds. The van der Waals surface area contributed by atoms with E-state index in [0.29, 0.717) is 22.8 Å². The van der Waals surface area contributed by atoms with E-state index in [0.717, 1.165) is 29.9 Å². The summed E-state index contributed by atoms with van der Waals surface area (Å²) < 4.78 is 5.81. The molecule has 2 fully saturated rings. The van der Waals surface area contributed by atoms with Crippen LogP contribution in [-0.4, -0.2) is 17.8 Å². The van der Waals surface area contributed by atoms with Crippen LogP contribution in [0.3, 0.4) is 0 Å². The standard InChI is InChI=1S/C18H22N2O3S/c19-15-11-14(23-9-8-12-4-2-1-3-5-12)7-6-13(15)10-16-17(21)20-18(22)24-16/h6-7,10-12H,1-5,8-9,19H2,(H,20,21,22)/b16-10-. The average molecular weight is 346 g/mol. The van der Waals surface area contributed by atoms with Gasteiger partial charge >= 0.3 is 0 Å². The molecule has 1 saturated carbocycles. The Balaban J connectivity index is 1.57. The van der Waals surface area contributed by atoms with Gasteiger partial charge in [-0.1, -0.05) is 32.1 Å².